The number of carbonyl (C=O) groups excluding carboxylic acids is 1. The van der Waals surface area contributed by atoms with Gasteiger partial charge in [0, 0.05) is 29.3 Å². The fraction of sp³-hybridized carbons (Fsp3) is 0.345. The van der Waals surface area contributed by atoms with Gasteiger partial charge in [-0.15, -0.1) is 0 Å². The molecule has 2 N–H and O–H groups in total. The molecule has 3 rings (SSSR count). The number of benzene rings is 2. The highest BCUT2D eigenvalue weighted by molar-refractivity contribution is 5.99. The van der Waals surface area contributed by atoms with Gasteiger partial charge in [-0.3, -0.25) is 4.79 Å². The standard InChI is InChI=1S/C29H34N2O5/c1-18(2)17-31-24(16-30-28(35)36-29(4,5)6)26(21-11-7-19(3)8-12-21)23-15-20(10-14-25(32)33)9-13-22(23)27(31)34/h7-15,18H,16-17H2,1-6H3,(H,30,35)(H,32,33). The molecule has 0 aliphatic rings. The van der Waals surface area contributed by atoms with Gasteiger partial charge in [-0.2, -0.15) is 0 Å². The van der Waals surface area contributed by atoms with Gasteiger partial charge in [-0.05, 0) is 68.3 Å². The number of pyridine rings is 1. The number of fused-ring (bicyclic) bond motifs is 1. The molecule has 1 heterocycles. The highest BCUT2D eigenvalue weighted by atomic mass is 16.6. The summed E-state index contributed by atoms with van der Waals surface area (Å²) in [6, 6.07) is 13.3. The van der Waals surface area contributed by atoms with Crippen LogP contribution in [-0.2, 0) is 22.6 Å². The van der Waals surface area contributed by atoms with E-state index in [1.807, 2.05) is 51.1 Å². The number of aromatic nitrogens is 1. The Morgan fingerprint density at radius 1 is 1.08 bits per heavy atom. The van der Waals surface area contributed by atoms with Crippen LogP contribution < -0.4 is 10.9 Å². The third-order valence-corrected chi connectivity index (χ3v) is 5.51. The molecule has 0 bridgehead atoms. The molecule has 0 spiro atoms. The summed E-state index contributed by atoms with van der Waals surface area (Å²) in [7, 11) is 0. The van der Waals surface area contributed by atoms with E-state index in [-0.39, 0.29) is 18.0 Å². The number of hydrogen-bond acceptors (Lipinski definition) is 4. The lowest BCUT2D eigenvalue weighted by Crippen LogP contribution is -2.35. The molecule has 0 atom stereocenters. The molecule has 0 aliphatic carbocycles. The van der Waals surface area contributed by atoms with E-state index in [2.05, 4.69) is 5.32 Å². The number of aliphatic carboxylic acids is 1. The van der Waals surface area contributed by atoms with Gasteiger partial charge in [-0.1, -0.05) is 49.7 Å². The molecule has 2 aromatic carbocycles. The van der Waals surface area contributed by atoms with Crippen molar-refractivity contribution >= 4 is 28.9 Å². The van der Waals surface area contributed by atoms with E-state index in [1.54, 1.807) is 37.5 Å². The van der Waals surface area contributed by atoms with Gasteiger partial charge >= 0.3 is 12.1 Å². The van der Waals surface area contributed by atoms with E-state index in [1.165, 1.54) is 6.08 Å². The summed E-state index contributed by atoms with van der Waals surface area (Å²) >= 11 is 0. The van der Waals surface area contributed by atoms with Crippen molar-refractivity contribution < 1.29 is 19.4 Å². The van der Waals surface area contributed by atoms with Crippen molar-refractivity contribution in [2.24, 2.45) is 5.92 Å². The van der Waals surface area contributed by atoms with Gasteiger partial charge in [0.25, 0.3) is 5.56 Å². The number of carboxylic acids is 1. The molecular weight excluding hydrogens is 456 g/mol. The third-order valence-electron chi connectivity index (χ3n) is 5.51. The summed E-state index contributed by atoms with van der Waals surface area (Å²) in [5, 5.41) is 13.1. The zero-order valence-corrected chi connectivity index (χ0v) is 21.7. The minimum absolute atomic E-state index is 0.0885. The van der Waals surface area contributed by atoms with Crippen molar-refractivity contribution in [2.75, 3.05) is 0 Å². The Labute approximate surface area is 211 Å². The largest absolute Gasteiger partial charge is 0.478 e. The number of aryl methyl sites for hydroxylation is 1. The van der Waals surface area contributed by atoms with Crippen LogP contribution in [0.15, 0.2) is 53.3 Å². The van der Waals surface area contributed by atoms with E-state index in [4.69, 9.17) is 9.84 Å². The molecule has 3 aromatic rings. The Morgan fingerprint density at radius 2 is 1.75 bits per heavy atom. The lowest BCUT2D eigenvalue weighted by atomic mass is 9.94. The predicted molar refractivity (Wildman–Crippen MR) is 143 cm³/mol. The van der Waals surface area contributed by atoms with Crippen LogP contribution in [0, 0.1) is 12.8 Å². The minimum atomic E-state index is -1.05. The summed E-state index contributed by atoms with van der Waals surface area (Å²) in [5.74, 6) is -0.868. The van der Waals surface area contributed by atoms with Crippen molar-refractivity contribution in [1.82, 2.24) is 9.88 Å². The summed E-state index contributed by atoms with van der Waals surface area (Å²) < 4.78 is 7.16. The number of nitrogens with zero attached hydrogens (tertiary/aromatic N) is 1. The second-order valence-electron chi connectivity index (χ2n) is 10.3. The number of alkyl carbamates (subject to hydrolysis) is 1. The molecule has 0 saturated heterocycles. The topological polar surface area (TPSA) is 97.6 Å². The van der Waals surface area contributed by atoms with Crippen LogP contribution in [-0.4, -0.2) is 27.3 Å². The number of ether oxygens (including phenoxy) is 1. The second kappa shape index (κ2) is 10.8. The Bertz CT molecular complexity index is 1360. The van der Waals surface area contributed by atoms with Gasteiger partial charge in [0.15, 0.2) is 0 Å². The van der Waals surface area contributed by atoms with Gasteiger partial charge in [-0.25, -0.2) is 9.59 Å². The zero-order chi connectivity index (χ0) is 26.6. The smallest absolute Gasteiger partial charge is 0.407 e. The van der Waals surface area contributed by atoms with Crippen molar-refractivity contribution in [1.29, 1.82) is 0 Å². The Kier molecular flexibility index (Phi) is 8.03. The normalized spacial score (nSPS) is 11.9. The van der Waals surface area contributed by atoms with Crippen LogP contribution >= 0.6 is 0 Å². The molecule has 0 radical (unpaired) electrons. The first-order valence-electron chi connectivity index (χ1n) is 12.0. The summed E-state index contributed by atoms with van der Waals surface area (Å²) in [5.41, 5.74) is 3.30. The first-order valence-corrected chi connectivity index (χ1v) is 12.0. The summed E-state index contributed by atoms with van der Waals surface area (Å²) in [6.45, 7) is 12.0. The lowest BCUT2D eigenvalue weighted by molar-refractivity contribution is -0.131. The highest BCUT2D eigenvalue weighted by Crippen LogP contribution is 2.32. The first-order chi connectivity index (χ1) is 16.9. The summed E-state index contributed by atoms with van der Waals surface area (Å²) in [4.78, 5) is 37.3. The maximum Gasteiger partial charge on any atom is 0.407 e. The second-order valence-corrected chi connectivity index (χ2v) is 10.3. The maximum atomic E-state index is 13.7. The third kappa shape index (κ3) is 6.62. The lowest BCUT2D eigenvalue weighted by Gasteiger charge is -2.23. The molecule has 1 amide bonds. The van der Waals surface area contributed by atoms with Gasteiger partial charge in [0.1, 0.15) is 5.60 Å². The quantitative estimate of drug-likeness (QED) is 0.411. The SMILES string of the molecule is Cc1ccc(-c2c(CNC(=O)OC(C)(C)C)n(CC(C)C)c(=O)c3ccc(C=CC(=O)O)cc23)cc1. The highest BCUT2D eigenvalue weighted by Gasteiger charge is 2.21. The molecular formula is C29H34N2O5. The number of rotatable bonds is 7. The van der Waals surface area contributed by atoms with Gasteiger partial charge in [0.05, 0.1) is 6.54 Å². The van der Waals surface area contributed by atoms with Crippen LogP contribution in [0.3, 0.4) is 0 Å². The molecule has 36 heavy (non-hydrogen) atoms. The van der Waals surface area contributed by atoms with Crippen LogP contribution in [0.1, 0.15) is 51.4 Å². The fourth-order valence-corrected chi connectivity index (χ4v) is 4.04. The zero-order valence-electron chi connectivity index (χ0n) is 21.7. The Balaban J connectivity index is 2.31. The van der Waals surface area contributed by atoms with Crippen LogP contribution in [0.25, 0.3) is 28.0 Å². The number of carboxylic acid groups (broad SMARTS) is 1. The average molecular weight is 491 g/mol. The average Bonchev–Trinajstić information content (AvgIpc) is 2.77. The number of carbonyl (C=O) groups is 2. The van der Waals surface area contributed by atoms with Gasteiger partial charge in [0.2, 0.25) is 0 Å². The Morgan fingerprint density at radius 3 is 2.33 bits per heavy atom. The number of nitrogens with one attached hydrogen (secondary N) is 1. The molecule has 0 fully saturated rings. The van der Waals surface area contributed by atoms with Crippen molar-refractivity contribution in [3.8, 4) is 11.1 Å². The van der Waals surface area contributed by atoms with Crippen LogP contribution in [0.2, 0.25) is 0 Å². The minimum Gasteiger partial charge on any atom is -0.478 e. The van der Waals surface area contributed by atoms with E-state index in [0.717, 1.165) is 22.8 Å². The van der Waals surface area contributed by atoms with E-state index in [9.17, 15) is 14.4 Å². The van der Waals surface area contributed by atoms with Crippen molar-refractivity contribution in [3.05, 3.63) is 75.7 Å². The molecule has 190 valence electrons. The van der Waals surface area contributed by atoms with Crippen LogP contribution in [0.5, 0.6) is 0 Å². The van der Waals surface area contributed by atoms with Crippen LogP contribution in [0.4, 0.5) is 4.79 Å². The van der Waals surface area contributed by atoms with E-state index < -0.39 is 17.7 Å². The molecule has 0 aliphatic heterocycles. The number of hydrogen-bond donors (Lipinski definition) is 2. The fourth-order valence-electron chi connectivity index (χ4n) is 4.04. The van der Waals surface area contributed by atoms with Gasteiger partial charge < -0.3 is 19.7 Å². The molecule has 0 unspecified atom stereocenters. The molecule has 7 nitrogen and oxygen atoms in total. The summed E-state index contributed by atoms with van der Waals surface area (Å²) in [6.07, 6.45) is 2.00. The maximum absolute atomic E-state index is 13.7. The molecule has 7 heteroatoms. The monoisotopic (exact) mass is 490 g/mol. The predicted octanol–water partition coefficient (Wildman–Crippen LogP) is 5.76. The van der Waals surface area contributed by atoms with Crippen molar-refractivity contribution in [2.45, 2.75) is 60.2 Å². The first kappa shape index (κ1) is 26.7. The Hall–Kier alpha value is -3.87. The number of amides is 1. The van der Waals surface area contributed by atoms with E-state index >= 15 is 0 Å². The molecule has 1 aromatic heterocycles. The van der Waals surface area contributed by atoms with E-state index in [0.29, 0.717) is 28.6 Å². The molecule has 0 saturated carbocycles. The van der Waals surface area contributed by atoms with Crippen molar-refractivity contribution in [3.63, 3.8) is 0 Å².